The Morgan fingerprint density at radius 3 is 2.47 bits per heavy atom. The molecule has 174 valence electrons. The molecule has 0 aliphatic heterocycles. The van der Waals surface area contributed by atoms with E-state index in [1.807, 2.05) is 0 Å². The van der Waals surface area contributed by atoms with Crippen LogP contribution in [0.5, 0.6) is 0 Å². The van der Waals surface area contributed by atoms with Crippen LogP contribution in [0.15, 0.2) is 12.3 Å². The molecule has 2 aromatic rings. The third kappa shape index (κ3) is 5.02. The molecule has 0 spiro atoms. The fraction of sp³-hybridized carbons (Fsp3) is 0.571. The van der Waals surface area contributed by atoms with Crippen LogP contribution >= 0.6 is 11.3 Å². The van der Waals surface area contributed by atoms with Gasteiger partial charge >= 0.3 is 6.18 Å². The van der Waals surface area contributed by atoms with E-state index in [0.717, 1.165) is 49.3 Å². The summed E-state index contributed by atoms with van der Waals surface area (Å²) in [4.78, 5) is 21.1. The summed E-state index contributed by atoms with van der Waals surface area (Å²) in [5, 5.41) is 5.37. The second kappa shape index (κ2) is 8.92. The molecule has 2 aliphatic rings. The Morgan fingerprint density at radius 2 is 1.88 bits per heavy atom. The van der Waals surface area contributed by atoms with Gasteiger partial charge in [-0.05, 0) is 44.6 Å². The number of anilines is 1. The van der Waals surface area contributed by atoms with Crippen molar-refractivity contribution in [3.05, 3.63) is 28.5 Å². The SMILES string of the molecule is Cc1nc(C(=O)NC2CCCC2)sc1-c1cnc(NC(C2CC2)C(F)(F)F)cc1C(F)F. The zero-order valence-electron chi connectivity index (χ0n) is 17.3. The van der Waals surface area contributed by atoms with Crippen LogP contribution in [0.2, 0.25) is 0 Å². The van der Waals surface area contributed by atoms with Gasteiger partial charge in [-0.15, -0.1) is 11.3 Å². The zero-order chi connectivity index (χ0) is 23.0. The van der Waals surface area contributed by atoms with E-state index in [1.165, 1.54) is 0 Å². The molecule has 32 heavy (non-hydrogen) atoms. The summed E-state index contributed by atoms with van der Waals surface area (Å²) in [7, 11) is 0. The quantitative estimate of drug-likeness (QED) is 0.492. The number of halogens is 5. The first-order chi connectivity index (χ1) is 15.1. The summed E-state index contributed by atoms with van der Waals surface area (Å²) in [6, 6.07) is -0.771. The standard InChI is InChI=1S/C21H23F5N4OS/c1-10-16(32-20(28-10)19(31)29-12-4-2-3-5-12)14-9-27-15(8-13(14)18(22)23)30-17(11-6-7-11)21(24,25)26/h8-9,11-12,17-18H,2-7H2,1H3,(H,27,30)(H,29,31). The molecule has 5 nitrogen and oxygen atoms in total. The van der Waals surface area contributed by atoms with E-state index in [0.29, 0.717) is 23.4 Å². The molecule has 1 unspecified atom stereocenters. The van der Waals surface area contributed by atoms with Gasteiger partial charge in [0.25, 0.3) is 12.3 Å². The number of pyridine rings is 1. The van der Waals surface area contributed by atoms with Crippen molar-refractivity contribution in [1.82, 2.24) is 15.3 Å². The number of amides is 1. The van der Waals surface area contributed by atoms with Crippen LogP contribution in [0, 0.1) is 12.8 Å². The van der Waals surface area contributed by atoms with Crippen molar-refractivity contribution in [3.63, 3.8) is 0 Å². The predicted molar refractivity (Wildman–Crippen MR) is 111 cm³/mol. The number of hydrogen-bond donors (Lipinski definition) is 2. The Balaban J connectivity index is 1.59. The fourth-order valence-electron chi connectivity index (χ4n) is 4.04. The molecule has 1 atom stereocenters. The summed E-state index contributed by atoms with van der Waals surface area (Å²) >= 11 is 0.978. The summed E-state index contributed by atoms with van der Waals surface area (Å²) in [6.07, 6.45) is -1.54. The van der Waals surface area contributed by atoms with Crippen molar-refractivity contribution in [1.29, 1.82) is 0 Å². The number of carbonyl (C=O) groups excluding carboxylic acids is 1. The Hall–Kier alpha value is -2.30. The predicted octanol–water partition coefficient (Wildman–Crippen LogP) is 5.88. The van der Waals surface area contributed by atoms with Gasteiger partial charge < -0.3 is 10.6 Å². The van der Waals surface area contributed by atoms with E-state index in [1.54, 1.807) is 6.92 Å². The van der Waals surface area contributed by atoms with Crippen molar-refractivity contribution in [2.75, 3.05) is 5.32 Å². The Kier molecular flexibility index (Phi) is 6.37. The van der Waals surface area contributed by atoms with Gasteiger partial charge in [-0.2, -0.15) is 13.2 Å². The zero-order valence-corrected chi connectivity index (χ0v) is 18.1. The third-order valence-corrected chi connectivity index (χ3v) is 7.04. The van der Waals surface area contributed by atoms with Crippen molar-refractivity contribution < 1.29 is 26.7 Å². The van der Waals surface area contributed by atoms with Crippen LogP contribution in [-0.2, 0) is 0 Å². The summed E-state index contributed by atoms with van der Waals surface area (Å²) < 4.78 is 67.5. The van der Waals surface area contributed by atoms with Crippen molar-refractivity contribution in [2.24, 2.45) is 5.92 Å². The van der Waals surface area contributed by atoms with Crippen LogP contribution in [0.4, 0.5) is 27.8 Å². The summed E-state index contributed by atoms with van der Waals surface area (Å²) in [5.41, 5.74) is 0.00583. The van der Waals surface area contributed by atoms with Crippen LogP contribution in [0.25, 0.3) is 10.4 Å². The van der Waals surface area contributed by atoms with Gasteiger partial charge in [0.2, 0.25) is 0 Å². The number of carbonyl (C=O) groups is 1. The maximum absolute atomic E-state index is 13.8. The maximum Gasteiger partial charge on any atom is 0.408 e. The minimum absolute atomic E-state index is 0.0652. The molecular weight excluding hydrogens is 451 g/mol. The minimum atomic E-state index is -4.50. The molecule has 0 radical (unpaired) electrons. The second-order valence-corrected chi connectivity index (χ2v) is 9.35. The molecule has 0 saturated heterocycles. The van der Waals surface area contributed by atoms with E-state index < -0.39 is 30.1 Å². The number of alkyl halides is 5. The van der Waals surface area contributed by atoms with Gasteiger partial charge in [-0.3, -0.25) is 4.79 Å². The van der Waals surface area contributed by atoms with Crippen molar-refractivity contribution in [3.8, 4) is 10.4 Å². The monoisotopic (exact) mass is 474 g/mol. The lowest BCUT2D eigenvalue weighted by molar-refractivity contribution is -0.146. The molecule has 0 bridgehead atoms. The van der Waals surface area contributed by atoms with Gasteiger partial charge in [0.15, 0.2) is 5.01 Å². The largest absolute Gasteiger partial charge is 0.408 e. The first kappa shape index (κ1) is 22.9. The van der Waals surface area contributed by atoms with Crippen molar-refractivity contribution in [2.45, 2.75) is 70.1 Å². The first-order valence-electron chi connectivity index (χ1n) is 10.5. The van der Waals surface area contributed by atoms with Crippen LogP contribution < -0.4 is 10.6 Å². The Morgan fingerprint density at radius 1 is 1.19 bits per heavy atom. The van der Waals surface area contributed by atoms with Crippen LogP contribution in [0.1, 0.15) is 66.0 Å². The number of thiazole rings is 1. The molecule has 1 amide bonds. The van der Waals surface area contributed by atoms with Crippen LogP contribution in [0.3, 0.4) is 0 Å². The Bertz CT molecular complexity index is 983. The highest BCUT2D eigenvalue weighted by molar-refractivity contribution is 7.17. The van der Waals surface area contributed by atoms with Gasteiger partial charge in [-0.25, -0.2) is 18.7 Å². The maximum atomic E-state index is 13.8. The molecule has 2 saturated carbocycles. The van der Waals surface area contributed by atoms with E-state index in [-0.39, 0.29) is 28.3 Å². The Labute approximate surface area is 185 Å². The average Bonchev–Trinajstić information content (AvgIpc) is 3.28. The molecule has 0 aromatic carbocycles. The lowest BCUT2D eigenvalue weighted by Gasteiger charge is -2.22. The van der Waals surface area contributed by atoms with Gasteiger partial charge in [0.05, 0.1) is 10.6 Å². The van der Waals surface area contributed by atoms with Gasteiger partial charge in [0, 0.05) is 23.4 Å². The van der Waals surface area contributed by atoms with E-state index in [2.05, 4.69) is 20.6 Å². The molecule has 11 heteroatoms. The smallest absolute Gasteiger partial charge is 0.358 e. The average molecular weight is 474 g/mol. The highest BCUT2D eigenvalue weighted by atomic mass is 32.1. The first-order valence-corrected chi connectivity index (χ1v) is 11.3. The number of nitrogens with zero attached hydrogens (tertiary/aromatic N) is 2. The number of rotatable bonds is 7. The van der Waals surface area contributed by atoms with E-state index in [9.17, 15) is 26.7 Å². The summed E-state index contributed by atoms with van der Waals surface area (Å²) in [5.74, 6) is -1.17. The topological polar surface area (TPSA) is 66.9 Å². The molecule has 2 N–H and O–H groups in total. The minimum Gasteiger partial charge on any atom is -0.358 e. The third-order valence-electron chi connectivity index (χ3n) is 5.85. The molecule has 2 heterocycles. The summed E-state index contributed by atoms with van der Waals surface area (Å²) in [6.45, 7) is 1.60. The van der Waals surface area contributed by atoms with Gasteiger partial charge in [0.1, 0.15) is 11.9 Å². The molecule has 2 aromatic heterocycles. The highest BCUT2D eigenvalue weighted by Gasteiger charge is 2.49. The molecule has 2 fully saturated rings. The number of aryl methyl sites for hydroxylation is 1. The highest BCUT2D eigenvalue weighted by Crippen LogP contribution is 2.42. The van der Waals surface area contributed by atoms with E-state index in [4.69, 9.17) is 0 Å². The lowest BCUT2D eigenvalue weighted by Crippen LogP contribution is -2.38. The molecule has 4 rings (SSSR count). The van der Waals surface area contributed by atoms with Gasteiger partial charge in [-0.1, -0.05) is 12.8 Å². The number of nitrogens with one attached hydrogen (secondary N) is 2. The van der Waals surface area contributed by atoms with Crippen LogP contribution in [-0.4, -0.2) is 34.1 Å². The van der Waals surface area contributed by atoms with E-state index >= 15 is 0 Å². The lowest BCUT2D eigenvalue weighted by atomic mass is 10.1. The molecule has 2 aliphatic carbocycles. The number of hydrogen-bond acceptors (Lipinski definition) is 5. The number of aromatic nitrogens is 2. The van der Waals surface area contributed by atoms with Crippen molar-refractivity contribution >= 4 is 23.1 Å². The molecular formula is C21H23F5N4OS. The normalized spacial score (nSPS) is 18.2. The fourth-order valence-corrected chi connectivity index (χ4v) is 5.04. The second-order valence-electron chi connectivity index (χ2n) is 8.35.